The fourth-order valence-corrected chi connectivity index (χ4v) is 3.14. The highest BCUT2D eigenvalue weighted by Crippen LogP contribution is 2.28. The van der Waals surface area contributed by atoms with Crippen molar-refractivity contribution < 1.29 is 26.0 Å². The van der Waals surface area contributed by atoms with Crippen molar-refractivity contribution in [3.05, 3.63) is 0 Å². The first-order valence-corrected chi connectivity index (χ1v) is 8.83. The Hall–Kier alpha value is -0.370. The number of rotatable bonds is 6. The average Bonchev–Trinajstić information content (AvgIpc) is 2.47. The van der Waals surface area contributed by atoms with Crippen LogP contribution in [0.3, 0.4) is 0 Å². The maximum Gasteiger partial charge on any atom is 0.511 e. The molecule has 0 atom stereocenters. The Morgan fingerprint density at radius 1 is 1.29 bits per heavy atom. The zero-order valence-corrected chi connectivity index (χ0v) is 16.4. The van der Waals surface area contributed by atoms with Crippen LogP contribution < -0.4 is 10.6 Å². The summed E-state index contributed by atoms with van der Waals surface area (Å²) in [5, 5.41) is 6.00. The zero-order valence-electron chi connectivity index (χ0n) is 13.3. The van der Waals surface area contributed by atoms with Gasteiger partial charge < -0.3 is 10.6 Å². The summed E-state index contributed by atoms with van der Waals surface area (Å²) in [4.78, 5) is 4.15. The Morgan fingerprint density at radius 3 is 2.33 bits per heavy atom. The van der Waals surface area contributed by atoms with Crippen LogP contribution in [-0.4, -0.2) is 63.1 Å². The number of nitrogens with zero attached hydrogens (tertiary/aromatic N) is 2. The van der Waals surface area contributed by atoms with E-state index in [0.29, 0.717) is 29.8 Å². The molecule has 144 valence electrons. The molecule has 1 saturated heterocycles. The van der Waals surface area contributed by atoms with Crippen molar-refractivity contribution in [1.29, 1.82) is 0 Å². The number of piperidine rings is 1. The summed E-state index contributed by atoms with van der Waals surface area (Å²) in [7, 11) is -5.26. The molecule has 2 N–H and O–H groups in total. The van der Waals surface area contributed by atoms with Gasteiger partial charge in [-0.15, -0.1) is 24.0 Å². The smallest absolute Gasteiger partial charge is 0.357 e. The molecule has 0 aromatic heterocycles. The normalized spacial score (nSPS) is 18.1. The van der Waals surface area contributed by atoms with Crippen molar-refractivity contribution in [3.63, 3.8) is 0 Å². The van der Waals surface area contributed by atoms with E-state index >= 15 is 0 Å². The Labute approximate surface area is 156 Å². The molecule has 1 heterocycles. The molecule has 1 aliphatic heterocycles. The van der Waals surface area contributed by atoms with E-state index in [1.165, 1.54) is 0 Å². The van der Waals surface area contributed by atoms with E-state index in [1.807, 2.05) is 6.92 Å². The summed E-state index contributed by atoms with van der Waals surface area (Å²) >= 11 is 0. The van der Waals surface area contributed by atoms with E-state index in [1.54, 1.807) is 0 Å². The third-order valence-electron chi connectivity index (χ3n) is 3.33. The van der Waals surface area contributed by atoms with Crippen LogP contribution in [0, 0.1) is 0 Å². The molecule has 0 radical (unpaired) electrons. The third-order valence-corrected chi connectivity index (χ3v) is 4.96. The minimum atomic E-state index is -5.27. The topological polar surface area (TPSA) is 73.8 Å². The van der Waals surface area contributed by atoms with Crippen LogP contribution in [0.2, 0.25) is 0 Å². The van der Waals surface area contributed by atoms with Gasteiger partial charge in [0.2, 0.25) is 0 Å². The van der Waals surface area contributed by atoms with Gasteiger partial charge in [0.15, 0.2) is 5.96 Å². The molecule has 1 rings (SSSR count). The number of sulfonamides is 1. The van der Waals surface area contributed by atoms with Gasteiger partial charge in [-0.1, -0.05) is 0 Å². The zero-order chi connectivity index (χ0) is 17.5. The Bertz CT molecular complexity index is 494. The van der Waals surface area contributed by atoms with Crippen LogP contribution in [0.25, 0.3) is 0 Å². The number of alkyl halides is 4. The van der Waals surface area contributed by atoms with Gasteiger partial charge in [0, 0.05) is 32.2 Å². The number of aliphatic imine (C=N–C) groups is 1. The molecule has 0 amide bonds. The molecule has 0 unspecified atom stereocenters. The van der Waals surface area contributed by atoms with Crippen LogP contribution in [0.4, 0.5) is 17.6 Å². The standard InChI is InChI=1S/C12H22F4N4O2S.HI/c1-2-17-11(18-7-3-6-13)19-10-4-8-20(9-5-10)23(21,22)12(14,15)16;/h10H,2-9H2,1H3,(H2,17,18,19);1H. The first-order valence-electron chi connectivity index (χ1n) is 7.39. The van der Waals surface area contributed by atoms with Crippen LogP contribution in [0.1, 0.15) is 26.2 Å². The SMILES string of the molecule is CCNC(=NCCCF)NC1CCN(S(=O)(=O)C(F)(F)F)CC1.I. The quantitative estimate of drug-likeness (QED) is 0.196. The Morgan fingerprint density at radius 2 is 1.88 bits per heavy atom. The summed E-state index contributed by atoms with van der Waals surface area (Å²) in [5.41, 5.74) is -5.27. The van der Waals surface area contributed by atoms with Crippen molar-refractivity contribution in [1.82, 2.24) is 14.9 Å². The van der Waals surface area contributed by atoms with E-state index in [-0.39, 0.29) is 55.9 Å². The molecule has 24 heavy (non-hydrogen) atoms. The minimum Gasteiger partial charge on any atom is -0.357 e. The lowest BCUT2D eigenvalue weighted by Crippen LogP contribution is -2.51. The van der Waals surface area contributed by atoms with Gasteiger partial charge >= 0.3 is 15.5 Å². The largest absolute Gasteiger partial charge is 0.511 e. The minimum absolute atomic E-state index is 0. The van der Waals surface area contributed by atoms with Crippen molar-refractivity contribution in [2.24, 2.45) is 4.99 Å². The van der Waals surface area contributed by atoms with E-state index in [9.17, 15) is 26.0 Å². The summed E-state index contributed by atoms with van der Waals surface area (Å²) in [5.74, 6) is 0.457. The molecule has 1 fully saturated rings. The molecule has 1 aliphatic rings. The monoisotopic (exact) mass is 490 g/mol. The fourth-order valence-electron chi connectivity index (χ4n) is 2.15. The van der Waals surface area contributed by atoms with E-state index in [0.717, 1.165) is 0 Å². The van der Waals surface area contributed by atoms with Gasteiger partial charge in [-0.25, -0.2) is 8.42 Å². The van der Waals surface area contributed by atoms with Gasteiger partial charge in [0.25, 0.3) is 0 Å². The van der Waals surface area contributed by atoms with Crippen LogP contribution in [-0.2, 0) is 10.0 Å². The molecular weight excluding hydrogens is 467 g/mol. The summed E-state index contributed by atoms with van der Waals surface area (Å²) in [6, 6.07) is -0.183. The van der Waals surface area contributed by atoms with Crippen LogP contribution in [0.5, 0.6) is 0 Å². The Balaban J connectivity index is 0.00000529. The number of hydrogen-bond acceptors (Lipinski definition) is 3. The summed E-state index contributed by atoms with van der Waals surface area (Å²) in [6.45, 7) is 1.85. The van der Waals surface area contributed by atoms with Gasteiger partial charge in [0.1, 0.15) is 0 Å². The third kappa shape index (κ3) is 6.86. The highest BCUT2D eigenvalue weighted by molar-refractivity contribution is 14.0. The van der Waals surface area contributed by atoms with Crippen LogP contribution in [0.15, 0.2) is 4.99 Å². The maximum atomic E-state index is 12.5. The van der Waals surface area contributed by atoms with Gasteiger partial charge in [-0.2, -0.15) is 17.5 Å². The summed E-state index contributed by atoms with van der Waals surface area (Å²) < 4.78 is 72.7. The van der Waals surface area contributed by atoms with Gasteiger partial charge in [0.05, 0.1) is 6.67 Å². The molecule has 0 spiro atoms. The highest BCUT2D eigenvalue weighted by atomic mass is 127. The second-order valence-electron chi connectivity index (χ2n) is 5.07. The molecule has 0 saturated carbocycles. The van der Waals surface area contributed by atoms with E-state index < -0.39 is 22.2 Å². The van der Waals surface area contributed by atoms with E-state index in [2.05, 4.69) is 15.6 Å². The average molecular weight is 490 g/mol. The predicted molar refractivity (Wildman–Crippen MR) is 94.7 cm³/mol. The maximum absolute atomic E-state index is 12.5. The number of halogens is 5. The second kappa shape index (κ2) is 10.6. The second-order valence-corrected chi connectivity index (χ2v) is 7.00. The van der Waals surface area contributed by atoms with Crippen molar-refractivity contribution >= 4 is 40.0 Å². The van der Waals surface area contributed by atoms with Crippen molar-refractivity contribution in [3.8, 4) is 0 Å². The Kier molecular flexibility index (Phi) is 10.4. The van der Waals surface area contributed by atoms with Gasteiger partial charge in [-0.05, 0) is 26.2 Å². The van der Waals surface area contributed by atoms with Gasteiger partial charge in [-0.3, -0.25) is 9.38 Å². The van der Waals surface area contributed by atoms with E-state index in [4.69, 9.17) is 0 Å². The molecule has 0 aromatic rings. The number of nitrogens with one attached hydrogen (secondary N) is 2. The molecular formula is C12H23F4IN4O2S. The molecule has 0 aliphatic carbocycles. The lowest BCUT2D eigenvalue weighted by molar-refractivity contribution is -0.0494. The molecule has 12 heteroatoms. The number of guanidine groups is 1. The molecule has 0 bridgehead atoms. The van der Waals surface area contributed by atoms with Crippen molar-refractivity contribution in [2.45, 2.75) is 37.7 Å². The summed E-state index contributed by atoms with van der Waals surface area (Å²) in [6.07, 6.45) is 0.768. The number of hydrogen-bond donors (Lipinski definition) is 2. The first kappa shape index (κ1) is 23.6. The van der Waals surface area contributed by atoms with Crippen LogP contribution >= 0.6 is 24.0 Å². The van der Waals surface area contributed by atoms with Crippen molar-refractivity contribution in [2.75, 3.05) is 32.9 Å². The lowest BCUT2D eigenvalue weighted by Gasteiger charge is -2.32. The molecule has 0 aromatic carbocycles. The lowest BCUT2D eigenvalue weighted by atomic mass is 10.1. The predicted octanol–water partition coefficient (Wildman–Crippen LogP) is 1.83. The first-order chi connectivity index (χ1) is 10.7. The fraction of sp³-hybridized carbons (Fsp3) is 0.917. The molecule has 6 nitrogen and oxygen atoms in total. The highest BCUT2D eigenvalue weighted by Gasteiger charge is 2.50.